The second-order valence-electron chi connectivity index (χ2n) is 0.933. The van der Waals surface area contributed by atoms with Gasteiger partial charge < -0.3 is 0 Å². The molecule has 0 aromatic rings. The van der Waals surface area contributed by atoms with E-state index in [-0.39, 0.29) is 0 Å². The molecule has 0 heterocycles. The molecule has 0 aliphatic heterocycles. The summed E-state index contributed by atoms with van der Waals surface area (Å²) in [5, 5.41) is 0. The van der Waals surface area contributed by atoms with Gasteiger partial charge in [0.25, 0.3) is 0 Å². The number of rotatable bonds is 0. The predicted molar refractivity (Wildman–Crippen MR) is 80.3 cm³/mol. The molecular formula is Br9Mo2. The van der Waals surface area contributed by atoms with Crippen molar-refractivity contribution in [3.8, 4) is 0 Å². The quantitative estimate of drug-likeness (QED) is 0.220. The van der Waals surface area contributed by atoms with Crippen molar-refractivity contribution in [3.63, 3.8) is 0 Å². The fourth-order valence-corrected chi connectivity index (χ4v) is 0. The van der Waals surface area contributed by atoms with Crippen molar-refractivity contribution in [2.24, 2.45) is 0 Å². The van der Waals surface area contributed by atoms with Crippen LogP contribution in [0.5, 0.6) is 0 Å². The number of halogens is 9. The third-order valence-electron chi connectivity index (χ3n) is 0. The number of hydrogen-bond acceptors (Lipinski definition) is 0. The van der Waals surface area contributed by atoms with Gasteiger partial charge in [-0.2, -0.15) is 0 Å². The Labute approximate surface area is 128 Å². The standard InChI is InChI=1S/9BrH.2Mo/h9*1H;;/q;;;;;;;;;+4;+5/p-9. The van der Waals surface area contributed by atoms with E-state index in [0.717, 1.165) is 0 Å². The normalized spacial score (nSPS) is 17.4. The fraction of sp³-hybridized carbons (Fsp3) is 0. The van der Waals surface area contributed by atoms with Crippen LogP contribution in [0.1, 0.15) is 0 Å². The molecule has 0 unspecified atom stereocenters. The summed E-state index contributed by atoms with van der Waals surface area (Å²) in [6, 6.07) is 0. The van der Waals surface area contributed by atoms with Crippen molar-refractivity contribution in [3.05, 3.63) is 0 Å². The van der Waals surface area contributed by atoms with Crippen LogP contribution in [0.25, 0.3) is 0 Å². The molecule has 0 radical (unpaired) electrons. The van der Waals surface area contributed by atoms with Gasteiger partial charge in [-0.3, -0.25) is 0 Å². The monoisotopic (exact) mass is 906 g/mol. The van der Waals surface area contributed by atoms with Gasteiger partial charge in [0.1, 0.15) is 0 Å². The first-order valence-corrected chi connectivity index (χ1v) is 42.7. The van der Waals surface area contributed by atoms with E-state index in [1.807, 2.05) is 0 Å². The Hall–Kier alpha value is 5.70. The van der Waals surface area contributed by atoms with Gasteiger partial charge in [0.15, 0.2) is 0 Å². The average Bonchev–Trinajstić information content (AvgIpc) is 1.07. The Bertz CT molecular complexity index is 86.8. The van der Waals surface area contributed by atoms with E-state index < -0.39 is 12.4 Å². The average molecular weight is 911 g/mol. The molecule has 11 heteroatoms. The molecule has 11 heavy (non-hydrogen) atoms. The van der Waals surface area contributed by atoms with E-state index in [0.29, 0.717) is 0 Å². The van der Waals surface area contributed by atoms with E-state index >= 15 is 0 Å². The van der Waals surface area contributed by atoms with Crippen LogP contribution in [0.15, 0.2) is 0 Å². The molecule has 0 amide bonds. The van der Waals surface area contributed by atoms with Crippen molar-refractivity contribution in [1.82, 2.24) is 0 Å². The molecule has 0 bridgehead atoms. The topological polar surface area (TPSA) is 0 Å². The van der Waals surface area contributed by atoms with Gasteiger partial charge in [0, 0.05) is 0 Å². The summed E-state index contributed by atoms with van der Waals surface area (Å²) in [7, 11) is -1.77. The van der Waals surface area contributed by atoms with Gasteiger partial charge >= 0.3 is 132 Å². The first kappa shape index (κ1) is 19.0. The van der Waals surface area contributed by atoms with Gasteiger partial charge in [0.05, 0.1) is 0 Å². The molecule has 0 saturated heterocycles. The SMILES string of the molecule is [Br][Mo]([Br])([Br])([Br])[Br].[Br][Mo]([Br])([Br])[Br]. The van der Waals surface area contributed by atoms with Crippen molar-refractivity contribution in [2.45, 2.75) is 0 Å². The summed E-state index contributed by atoms with van der Waals surface area (Å²) in [6.07, 6.45) is 0. The maximum atomic E-state index is 3.34. The molecule has 0 spiro atoms. The maximum absolute atomic E-state index is 3.34. The van der Waals surface area contributed by atoms with E-state index in [1.54, 1.807) is 0 Å². The van der Waals surface area contributed by atoms with E-state index in [2.05, 4.69) is 120 Å². The molecule has 0 aliphatic rings. The Morgan fingerprint density at radius 2 is 0.636 bits per heavy atom. The minimum atomic E-state index is -2.56. The molecule has 0 aliphatic carbocycles. The van der Waals surface area contributed by atoms with Crippen molar-refractivity contribution in [2.75, 3.05) is 0 Å². The molecule has 0 aromatic carbocycles. The van der Waals surface area contributed by atoms with Crippen LogP contribution in [0.2, 0.25) is 0 Å². The van der Waals surface area contributed by atoms with E-state index in [9.17, 15) is 0 Å². The van der Waals surface area contributed by atoms with Gasteiger partial charge in [-0.25, -0.2) is 0 Å². The summed E-state index contributed by atoms with van der Waals surface area (Å²) in [4.78, 5) is 0. The van der Waals surface area contributed by atoms with Crippen LogP contribution in [0.4, 0.5) is 0 Å². The first-order valence-electron chi connectivity index (χ1n) is 1.39. The second-order valence-corrected chi connectivity index (χ2v) is 149. The molecule has 75 valence electrons. The van der Waals surface area contributed by atoms with Gasteiger partial charge in [-0.15, -0.1) is 0 Å². The third kappa shape index (κ3) is 90.7. The first-order chi connectivity index (χ1) is 4.24. The summed E-state index contributed by atoms with van der Waals surface area (Å²) in [6.45, 7) is 0. The summed E-state index contributed by atoms with van der Waals surface area (Å²) >= 11 is 30.0. The van der Waals surface area contributed by atoms with Crippen molar-refractivity contribution >= 4 is 120 Å². The zero-order valence-electron chi connectivity index (χ0n) is 4.22. The molecule has 0 aromatic heterocycles. The van der Waals surface area contributed by atoms with Crippen LogP contribution < -0.4 is 0 Å². The zero-order chi connectivity index (χ0) is 9.95. The van der Waals surface area contributed by atoms with Crippen molar-refractivity contribution < 1.29 is 12.4 Å². The molecule has 0 N–H and O–H groups in total. The second kappa shape index (κ2) is 7.20. The van der Waals surface area contributed by atoms with Gasteiger partial charge in [0.2, 0.25) is 0 Å². The Morgan fingerprint density at radius 1 is 0.636 bits per heavy atom. The van der Waals surface area contributed by atoms with Crippen molar-refractivity contribution in [1.29, 1.82) is 0 Å². The molecule has 0 atom stereocenters. The summed E-state index contributed by atoms with van der Waals surface area (Å²) < 4.78 is -2.56. The van der Waals surface area contributed by atoms with E-state index in [4.69, 9.17) is 0 Å². The molecule has 0 saturated carbocycles. The molecule has 0 rings (SSSR count). The Balaban J connectivity index is 0. The van der Waals surface area contributed by atoms with Crippen LogP contribution in [-0.4, -0.2) is 0 Å². The van der Waals surface area contributed by atoms with Crippen LogP contribution >= 0.6 is 120 Å². The Morgan fingerprint density at radius 3 is 0.636 bits per heavy atom. The van der Waals surface area contributed by atoms with Gasteiger partial charge in [-0.1, -0.05) is 0 Å². The summed E-state index contributed by atoms with van der Waals surface area (Å²) in [5.74, 6) is 0. The van der Waals surface area contributed by atoms with Crippen LogP contribution in [-0.2, 0) is 12.4 Å². The van der Waals surface area contributed by atoms with Crippen LogP contribution in [0, 0.1) is 0 Å². The zero-order valence-corrected chi connectivity index (χ0v) is 22.5. The van der Waals surface area contributed by atoms with E-state index in [1.165, 1.54) is 0 Å². The molecule has 0 nitrogen and oxygen atoms in total. The minimum absolute atomic E-state index is 1.77. The third-order valence-corrected chi connectivity index (χ3v) is 0. The fourth-order valence-electron chi connectivity index (χ4n) is 0. The Kier molecular flexibility index (Phi) is 12.5. The predicted octanol–water partition coefficient (Wildman–Crippen LogP) is 7.61. The summed E-state index contributed by atoms with van der Waals surface area (Å²) in [5.41, 5.74) is 0. The van der Waals surface area contributed by atoms with Gasteiger partial charge in [-0.05, 0) is 0 Å². The molecule has 0 fully saturated rings. The molecular weight excluding hydrogens is 911 g/mol. The van der Waals surface area contributed by atoms with Crippen LogP contribution in [0.3, 0.4) is 0 Å². The number of hydrogen-bond donors (Lipinski definition) is 0.